The van der Waals surface area contributed by atoms with E-state index < -0.39 is 49.4 Å². The number of hydrogen-bond acceptors (Lipinski definition) is 15. The van der Waals surface area contributed by atoms with Crippen molar-refractivity contribution in [3.8, 4) is 23.3 Å². The zero-order valence-corrected chi connectivity index (χ0v) is 39.3. The zero-order valence-electron chi connectivity index (χ0n) is 37.7. The largest absolute Gasteiger partial charge is 0.453 e. The molecule has 0 bridgehead atoms. The van der Waals surface area contributed by atoms with Gasteiger partial charge in [0.1, 0.15) is 29.2 Å². The van der Waals surface area contributed by atoms with Gasteiger partial charge in [-0.3, -0.25) is 38.7 Å². The Morgan fingerprint density at radius 2 is 1.79 bits per heavy atom. The SMILES string of the molecule is CCN(C)S(=O)(=O)Nc1ccc(F)c(Oc2ccc3ncn([C@@H]4COC5(CCN(C(=O)CN6CCC(c7ccc(NC8CCC(=O)NC8=O)cc7OS(C)(=O)=O)CC6)CC5)C4)c(=O)c3c2)c1C#N. The summed E-state index contributed by atoms with van der Waals surface area (Å²) in [6, 6.07) is 12.4. The summed E-state index contributed by atoms with van der Waals surface area (Å²) in [5.74, 6) is -2.08. The van der Waals surface area contributed by atoms with Crippen molar-refractivity contribution in [3.63, 3.8) is 0 Å². The van der Waals surface area contributed by atoms with Crippen molar-refractivity contribution in [2.24, 2.45) is 0 Å². The summed E-state index contributed by atoms with van der Waals surface area (Å²) in [4.78, 5) is 59.9. The van der Waals surface area contributed by atoms with Gasteiger partial charge in [-0.15, -0.1) is 0 Å². The number of carbonyl (C=O) groups excluding carboxylic acids is 3. The van der Waals surface area contributed by atoms with Crippen molar-refractivity contribution in [3.05, 3.63) is 82.2 Å². The van der Waals surface area contributed by atoms with Crippen LogP contribution in [0.25, 0.3) is 10.9 Å². The second kappa shape index (κ2) is 19.4. The second-order valence-corrected chi connectivity index (χ2v) is 21.0. The molecule has 4 fully saturated rings. The molecule has 1 spiro atoms. The van der Waals surface area contributed by atoms with E-state index in [1.54, 1.807) is 25.1 Å². The molecule has 1 unspecified atom stereocenters. The third kappa shape index (κ3) is 10.6. The molecule has 4 aromatic rings. The summed E-state index contributed by atoms with van der Waals surface area (Å²) >= 11 is 0. The van der Waals surface area contributed by atoms with Gasteiger partial charge in [-0.1, -0.05) is 13.0 Å². The fourth-order valence-electron chi connectivity index (χ4n) is 9.23. The molecule has 362 valence electrons. The van der Waals surface area contributed by atoms with Gasteiger partial charge in [0.25, 0.3) is 5.56 Å². The number of imide groups is 1. The summed E-state index contributed by atoms with van der Waals surface area (Å²) in [7, 11) is -6.57. The smallest absolute Gasteiger partial charge is 0.306 e. The van der Waals surface area contributed by atoms with E-state index in [4.69, 9.17) is 13.7 Å². The Labute approximate surface area is 392 Å². The van der Waals surface area contributed by atoms with Crippen LogP contribution >= 0.6 is 0 Å². The van der Waals surface area contributed by atoms with Gasteiger partial charge in [-0.2, -0.15) is 26.4 Å². The third-order valence-electron chi connectivity index (χ3n) is 13.1. The second-order valence-electron chi connectivity index (χ2n) is 17.6. The van der Waals surface area contributed by atoms with Crippen LogP contribution in [-0.4, -0.2) is 129 Å². The lowest BCUT2D eigenvalue weighted by molar-refractivity contribution is -0.137. The Morgan fingerprint density at radius 3 is 2.49 bits per heavy atom. The van der Waals surface area contributed by atoms with Crippen LogP contribution in [0.1, 0.15) is 75.0 Å². The summed E-state index contributed by atoms with van der Waals surface area (Å²) in [5.41, 5.74) is 0.0487. The summed E-state index contributed by atoms with van der Waals surface area (Å²) in [6.07, 6.45) is 5.88. The van der Waals surface area contributed by atoms with Gasteiger partial charge in [0.05, 0.1) is 54.0 Å². The van der Waals surface area contributed by atoms with Gasteiger partial charge in [-0.05, 0) is 99.5 Å². The van der Waals surface area contributed by atoms with Crippen LogP contribution in [0.4, 0.5) is 15.8 Å². The zero-order chi connectivity index (χ0) is 48.5. The molecule has 2 atom stereocenters. The minimum absolute atomic E-state index is 0.00955. The molecule has 68 heavy (non-hydrogen) atoms. The van der Waals surface area contributed by atoms with E-state index in [0.29, 0.717) is 81.5 Å². The van der Waals surface area contributed by atoms with Crippen molar-refractivity contribution < 1.29 is 49.3 Å². The lowest BCUT2D eigenvalue weighted by atomic mass is 9.87. The van der Waals surface area contributed by atoms with Crippen molar-refractivity contribution in [2.45, 2.75) is 75.5 Å². The predicted molar refractivity (Wildman–Crippen MR) is 246 cm³/mol. The molecule has 0 aliphatic carbocycles. The molecular weight excluding hydrogens is 926 g/mol. The number of nitriles is 1. The molecule has 1 aromatic heterocycles. The van der Waals surface area contributed by atoms with Gasteiger partial charge in [0.2, 0.25) is 17.7 Å². The molecule has 4 aliphatic rings. The van der Waals surface area contributed by atoms with Crippen LogP contribution in [0, 0.1) is 17.1 Å². The molecule has 3 N–H and O–H groups in total. The standard InChI is InChI=1S/C45H52FN9O11S2/c1-4-52(2)68(62,63)51-37-10-8-35(46)42(34(37)24-47)65-31-6-9-36-33(22-31)44(59)55(27-48-36)30-23-45(64-26-30)15-19-54(20-16-45)41(57)25-53-17-13-28(14-18-53)32-7-5-29(21-39(32)66-67(3,60)61)49-38-11-12-40(56)50-43(38)58/h5-10,21-22,27-28,30,38,49,51H,4,11-20,23,25-26H2,1-3H3,(H,50,56,58)/t30-,38?/m0/s1. The first-order chi connectivity index (χ1) is 32.3. The van der Waals surface area contributed by atoms with Crippen LogP contribution in [-0.2, 0) is 39.4 Å². The average molecular weight is 978 g/mol. The number of hydrogen-bond donors (Lipinski definition) is 3. The first kappa shape index (κ1) is 48.3. The molecule has 0 saturated carbocycles. The number of benzene rings is 3. The number of likely N-dealkylation sites (tertiary alicyclic amines) is 2. The minimum atomic E-state index is -4.04. The Kier molecular flexibility index (Phi) is 13.8. The van der Waals surface area contributed by atoms with Crippen LogP contribution in [0.2, 0.25) is 0 Å². The molecule has 3 aromatic carbocycles. The van der Waals surface area contributed by atoms with Crippen LogP contribution in [0.15, 0.2) is 59.7 Å². The molecule has 23 heteroatoms. The monoisotopic (exact) mass is 977 g/mol. The van der Waals surface area contributed by atoms with Crippen LogP contribution in [0.5, 0.6) is 17.2 Å². The Hall–Kier alpha value is -6.19. The maximum atomic E-state index is 15.1. The number of fused-ring (bicyclic) bond motifs is 1. The van der Waals surface area contributed by atoms with Crippen molar-refractivity contribution in [1.82, 2.24) is 29.0 Å². The highest BCUT2D eigenvalue weighted by Gasteiger charge is 2.44. The lowest BCUT2D eigenvalue weighted by Crippen LogP contribution is -2.50. The highest BCUT2D eigenvalue weighted by atomic mass is 32.2. The molecule has 0 radical (unpaired) electrons. The number of carbonyl (C=O) groups is 3. The summed E-state index contributed by atoms with van der Waals surface area (Å²) in [5, 5.41) is 15.5. The number of nitrogens with one attached hydrogen (secondary N) is 3. The molecule has 3 amide bonds. The van der Waals surface area contributed by atoms with E-state index >= 15 is 4.39 Å². The topological polar surface area (TPSA) is 252 Å². The van der Waals surface area contributed by atoms with Crippen molar-refractivity contribution in [1.29, 1.82) is 5.26 Å². The first-order valence-electron chi connectivity index (χ1n) is 22.3. The van der Waals surface area contributed by atoms with E-state index in [0.717, 1.165) is 22.7 Å². The highest BCUT2D eigenvalue weighted by molar-refractivity contribution is 7.90. The quantitative estimate of drug-likeness (QED) is 0.121. The molecule has 20 nitrogen and oxygen atoms in total. The van der Waals surface area contributed by atoms with Crippen molar-refractivity contribution >= 4 is 60.3 Å². The Balaban J connectivity index is 0.863. The summed E-state index contributed by atoms with van der Waals surface area (Å²) in [6.45, 7) is 4.39. The molecule has 4 saturated heterocycles. The van der Waals surface area contributed by atoms with E-state index in [1.165, 1.54) is 36.1 Å². The maximum Gasteiger partial charge on any atom is 0.306 e. The molecule has 4 aliphatic heterocycles. The Bertz CT molecular complexity index is 2970. The number of anilines is 2. The van der Waals surface area contributed by atoms with Gasteiger partial charge in [0.15, 0.2) is 11.6 Å². The number of halogens is 1. The van der Waals surface area contributed by atoms with Crippen LogP contribution in [0.3, 0.4) is 0 Å². The molecule has 5 heterocycles. The number of aromatic nitrogens is 2. The molecule has 8 rings (SSSR count). The lowest BCUT2D eigenvalue weighted by Gasteiger charge is -2.40. The third-order valence-corrected chi connectivity index (χ3v) is 15.2. The average Bonchev–Trinajstić information content (AvgIpc) is 3.71. The van der Waals surface area contributed by atoms with Crippen molar-refractivity contribution in [2.75, 3.05) is 69.2 Å². The fraction of sp³-hybridized carbons (Fsp3) is 0.467. The predicted octanol–water partition coefficient (Wildman–Crippen LogP) is 3.57. The maximum absolute atomic E-state index is 15.1. The van der Waals surface area contributed by atoms with Gasteiger partial charge in [0, 0.05) is 44.9 Å². The van der Waals surface area contributed by atoms with E-state index in [9.17, 15) is 41.3 Å². The fourth-order valence-corrected chi connectivity index (χ4v) is 10.6. The summed E-state index contributed by atoms with van der Waals surface area (Å²) < 4.78 is 87.5. The van der Waals surface area contributed by atoms with Gasteiger partial charge < -0.3 is 23.9 Å². The normalized spacial score (nSPS) is 20.3. The number of nitrogens with zero attached hydrogens (tertiary/aromatic N) is 6. The van der Waals surface area contributed by atoms with Gasteiger partial charge >= 0.3 is 20.3 Å². The number of ether oxygens (including phenoxy) is 2. The van der Waals surface area contributed by atoms with E-state index in [1.807, 2.05) is 11.0 Å². The highest BCUT2D eigenvalue weighted by Crippen LogP contribution is 2.41. The number of piperidine rings is 3. The first-order valence-corrected chi connectivity index (χ1v) is 25.5. The minimum Gasteiger partial charge on any atom is -0.453 e. The van der Waals surface area contributed by atoms with Gasteiger partial charge in [-0.25, -0.2) is 9.37 Å². The number of rotatable bonds is 14. The number of amides is 3. The van der Waals surface area contributed by atoms with E-state index in [2.05, 4.69) is 25.2 Å². The van der Waals surface area contributed by atoms with E-state index in [-0.39, 0.29) is 83.6 Å². The Morgan fingerprint density at radius 1 is 1.04 bits per heavy atom. The van der Waals surface area contributed by atoms with Crippen LogP contribution < -0.4 is 29.8 Å². The molecular formula is C45H52FN9O11S2.